The molecular weight excluding hydrogens is 362 g/mol. The second kappa shape index (κ2) is 10.5. The van der Waals surface area contributed by atoms with E-state index >= 15 is 0 Å². The maximum Gasteiger partial charge on any atom is 0.230 e. The molecule has 29 heavy (non-hydrogen) atoms. The summed E-state index contributed by atoms with van der Waals surface area (Å²) in [5.74, 6) is -0.0765. The first-order valence-electron chi connectivity index (χ1n) is 9.85. The molecule has 0 aliphatic rings. The fraction of sp³-hybridized carbons (Fsp3) is 0.250. The van der Waals surface area contributed by atoms with Crippen LogP contribution in [0.15, 0.2) is 72.8 Å². The predicted molar refractivity (Wildman–Crippen MR) is 116 cm³/mol. The van der Waals surface area contributed by atoms with Crippen molar-refractivity contribution in [3.63, 3.8) is 0 Å². The summed E-state index contributed by atoms with van der Waals surface area (Å²) < 4.78 is 0. The van der Waals surface area contributed by atoms with E-state index in [1.54, 1.807) is 0 Å². The molecule has 3 aromatic rings. The fourth-order valence-electron chi connectivity index (χ4n) is 3.09. The van der Waals surface area contributed by atoms with Gasteiger partial charge in [0, 0.05) is 23.6 Å². The molecule has 1 aromatic heterocycles. The van der Waals surface area contributed by atoms with E-state index in [0.29, 0.717) is 6.54 Å². The van der Waals surface area contributed by atoms with E-state index in [0.717, 1.165) is 35.6 Å². The van der Waals surface area contributed by atoms with Gasteiger partial charge in [-0.3, -0.25) is 9.78 Å². The number of pyridine rings is 1. The Hall–Kier alpha value is -3.02. The highest BCUT2D eigenvalue weighted by Crippen LogP contribution is 2.12. The van der Waals surface area contributed by atoms with Gasteiger partial charge in [-0.2, -0.15) is 0 Å². The number of nitrogens with one attached hydrogen (secondary N) is 2. The number of benzene rings is 2. The summed E-state index contributed by atoms with van der Waals surface area (Å²) in [5.41, 5.74) is 4.54. The molecule has 0 aliphatic carbocycles. The van der Waals surface area contributed by atoms with Crippen molar-refractivity contribution in [1.82, 2.24) is 10.3 Å². The van der Waals surface area contributed by atoms with Crippen LogP contribution in [0.4, 0.5) is 5.69 Å². The van der Waals surface area contributed by atoms with Crippen molar-refractivity contribution < 1.29 is 9.90 Å². The standard InChI is InChI=1S/C24H27N3O2/c1-18-6-5-9-22(26-18)16-24(29)27-21-12-10-19(11-13-21)14-15-25-17-23(28)20-7-3-2-4-8-20/h2-13,23,25,28H,14-17H2,1H3,(H,27,29). The number of aliphatic hydroxyl groups is 1. The molecule has 3 rings (SSSR count). The number of nitrogens with zero attached hydrogens (tertiary/aromatic N) is 1. The second-order valence-corrected chi connectivity index (χ2v) is 7.07. The maximum atomic E-state index is 12.2. The minimum atomic E-state index is -0.503. The van der Waals surface area contributed by atoms with E-state index in [1.807, 2.05) is 79.7 Å². The normalized spacial score (nSPS) is 11.8. The number of hydrogen-bond acceptors (Lipinski definition) is 4. The summed E-state index contributed by atoms with van der Waals surface area (Å²) in [5, 5.41) is 16.3. The van der Waals surface area contributed by atoms with Gasteiger partial charge in [0.15, 0.2) is 0 Å². The largest absolute Gasteiger partial charge is 0.387 e. The van der Waals surface area contributed by atoms with Crippen LogP contribution in [0.2, 0.25) is 0 Å². The monoisotopic (exact) mass is 389 g/mol. The molecule has 3 N–H and O–H groups in total. The van der Waals surface area contributed by atoms with Crippen molar-refractivity contribution in [3.05, 3.63) is 95.3 Å². The fourth-order valence-corrected chi connectivity index (χ4v) is 3.09. The molecule has 1 amide bonds. The highest BCUT2D eigenvalue weighted by molar-refractivity contribution is 5.92. The van der Waals surface area contributed by atoms with Gasteiger partial charge >= 0.3 is 0 Å². The number of rotatable bonds is 9. The third-order valence-electron chi connectivity index (χ3n) is 4.64. The Kier molecular flexibility index (Phi) is 7.50. The lowest BCUT2D eigenvalue weighted by Gasteiger charge is -2.12. The van der Waals surface area contributed by atoms with Crippen LogP contribution in [0.1, 0.15) is 28.6 Å². The topological polar surface area (TPSA) is 74.2 Å². The average Bonchev–Trinajstić information content (AvgIpc) is 2.73. The number of aryl methyl sites for hydroxylation is 1. The van der Waals surface area contributed by atoms with Crippen molar-refractivity contribution in [2.24, 2.45) is 0 Å². The summed E-state index contributed by atoms with van der Waals surface area (Å²) in [6, 6.07) is 23.2. The van der Waals surface area contributed by atoms with Crippen LogP contribution >= 0.6 is 0 Å². The van der Waals surface area contributed by atoms with Gasteiger partial charge in [-0.1, -0.05) is 48.5 Å². The molecule has 0 fully saturated rings. The number of aromatic nitrogens is 1. The smallest absolute Gasteiger partial charge is 0.230 e. The zero-order valence-corrected chi connectivity index (χ0v) is 16.6. The molecule has 1 unspecified atom stereocenters. The van der Waals surface area contributed by atoms with Gasteiger partial charge in [0.1, 0.15) is 0 Å². The van der Waals surface area contributed by atoms with Gasteiger partial charge in [-0.15, -0.1) is 0 Å². The van der Waals surface area contributed by atoms with Gasteiger partial charge in [0.2, 0.25) is 5.91 Å². The van der Waals surface area contributed by atoms with Crippen LogP contribution < -0.4 is 10.6 Å². The van der Waals surface area contributed by atoms with Gasteiger partial charge < -0.3 is 15.7 Å². The van der Waals surface area contributed by atoms with Crippen molar-refractivity contribution in [2.75, 3.05) is 18.4 Å². The minimum Gasteiger partial charge on any atom is -0.387 e. The third kappa shape index (κ3) is 6.82. The third-order valence-corrected chi connectivity index (χ3v) is 4.64. The number of carbonyl (C=O) groups is 1. The van der Waals surface area contributed by atoms with Crippen molar-refractivity contribution in [3.8, 4) is 0 Å². The van der Waals surface area contributed by atoms with Gasteiger partial charge in [0.25, 0.3) is 0 Å². The molecule has 5 nitrogen and oxygen atoms in total. The van der Waals surface area contributed by atoms with Crippen molar-refractivity contribution in [1.29, 1.82) is 0 Å². The lowest BCUT2D eigenvalue weighted by atomic mass is 10.1. The first-order chi connectivity index (χ1) is 14.1. The molecular formula is C24H27N3O2. The summed E-state index contributed by atoms with van der Waals surface area (Å²) >= 11 is 0. The molecule has 150 valence electrons. The lowest BCUT2D eigenvalue weighted by molar-refractivity contribution is -0.115. The maximum absolute atomic E-state index is 12.2. The lowest BCUT2D eigenvalue weighted by Crippen LogP contribution is -2.23. The summed E-state index contributed by atoms with van der Waals surface area (Å²) in [4.78, 5) is 16.5. The van der Waals surface area contributed by atoms with E-state index < -0.39 is 6.10 Å². The molecule has 2 aromatic carbocycles. The summed E-state index contributed by atoms with van der Waals surface area (Å²) in [6.45, 7) is 3.21. The van der Waals surface area contributed by atoms with Crippen molar-refractivity contribution >= 4 is 11.6 Å². The van der Waals surface area contributed by atoms with E-state index in [9.17, 15) is 9.90 Å². The average molecular weight is 389 g/mol. The van der Waals surface area contributed by atoms with Gasteiger partial charge in [0.05, 0.1) is 12.5 Å². The molecule has 0 saturated heterocycles. The first-order valence-corrected chi connectivity index (χ1v) is 9.85. The zero-order chi connectivity index (χ0) is 20.5. The van der Waals surface area contributed by atoms with Crippen LogP contribution in [0.5, 0.6) is 0 Å². The Morgan fingerprint density at radius 1 is 1.00 bits per heavy atom. The van der Waals surface area contributed by atoms with Crippen LogP contribution in [-0.4, -0.2) is 29.1 Å². The van der Waals surface area contributed by atoms with Crippen LogP contribution in [0.25, 0.3) is 0 Å². The Bertz CT molecular complexity index is 911. The molecule has 5 heteroatoms. The molecule has 0 spiro atoms. The van der Waals surface area contributed by atoms with Crippen molar-refractivity contribution in [2.45, 2.75) is 25.9 Å². The van der Waals surface area contributed by atoms with Crippen LogP contribution in [0.3, 0.4) is 0 Å². The van der Waals surface area contributed by atoms with Crippen LogP contribution in [-0.2, 0) is 17.6 Å². The number of aliphatic hydroxyl groups excluding tert-OH is 1. The first kappa shape index (κ1) is 20.7. The number of hydrogen-bond donors (Lipinski definition) is 3. The SMILES string of the molecule is Cc1cccc(CC(=O)Nc2ccc(CCNCC(O)c3ccccc3)cc2)n1. The number of carbonyl (C=O) groups excluding carboxylic acids is 1. The Balaban J connectivity index is 1.40. The van der Waals surface area contributed by atoms with E-state index in [4.69, 9.17) is 0 Å². The second-order valence-electron chi connectivity index (χ2n) is 7.07. The molecule has 1 atom stereocenters. The highest BCUT2D eigenvalue weighted by Gasteiger charge is 2.07. The Morgan fingerprint density at radius 2 is 1.76 bits per heavy atom. The molecule has 0 aliphatic heterocycles. The number of amides is 1. The zero-order valence-electron chi connectivity index (χ0n) is 16.6. The summed E-state index contributed by atoms with van der Waals surface area (Å²) in [6.07, 6.45) is 0.608. The van der Waals surface area contributed by atoms with Crippen LogP contribution in [0, 0.1) is 6.92 Å². The van der Waals surface area contributed by atoms with Gasteiger partial charge in [-0.05, 0) is 55.3 Å². The Morgan fingerprint density at radius 3 is 2.48 bits per heavy atom. The highest BCUT2D eigenvalue weighted by atomic mass is 16.3. The molecule has 0 radical (unpaired) electrons. The van der Waals surface area contributed by atoms with E-state index in [2.05, 4.69) is 15.6 Å². The van der Waals surface area contributed by atoms with E-state index in [1.165, 1.54) is 5.56 Å². The quantitative estimate of drug-likeness (QED) is 0.490. The Labute approximate surface area is 171 Å². The van der Waals surface area contributed by atoms with Gasteiger partial charge in [-0.25, -0.2) is 0 Å². The summed E-state index contributed by atoms with van der Waals surface area (Å²) in [7, 11) is 0. The molecule has 0 saturated carbocycles. The van der Waals surface area contributed by atoms with E-state index in [-0.39, 0.29) is 12.3 Å². The molecule has 0 bridgehead atoms. The number of anilines is 1. The minimum absolute atomic E-state index is 0.0765. The molecule has 1 heterocycles. The predicted octanol–water partition coefficient (Wildman–Crippen LogP) is 3.44.